The van der Waals surface area contributed by atoms with Gasteiger partial charge in [0.05, 0.1) is 19.7 Å². The van der Waals surface area contributed by atoms with E-state index in [4.69, 9.17) is 9.47 Å². The molecule has 0 unspecified atom stereocenters. The fraction of sp³-hybridized carbons (Fsp3) is 0.250. The van der Waals surface area contributed by atoms with Crippen LogP contribution in [0.4, 0.5) is 4.79 Å². The number of aromatic amines is 1. The quantitative estimate of drug-likeness (QED) is 0.813. The maximum absolute atomic E-state index is 11.1. The zero-order valence-electron chi connectivity index (χ0n) is 9.87. The van der Waals surface area contributed by atoms with Crippen LogP contribution in [0.15, 0.2) is 18.2 Å². The molecule has 0 fully saturated rings. The first-order chi connectivity index (χ1) is 8.15. The minimum Gasteiger partial charge on any atom is -0.491 e. The van der Waals surface area contributed by atoms with Gasteiger partial charge in [-0.3, -0.25) is 0 Å². The molecule has 2 rings (SSSR count). The van der Waals surface area contributed by atoms with E-state index < -0.39 is 6.16 Å². The second-order valence-corrected chi connectivity index (χ2v) is 3.59. The van der Waals surface area contributed by atoms with Gasteiger partial charge in [-0.25, -0.2) is 4.79 Å². The summed E-state index contributed by atoms with van der Waals surface area (Å²) in [6.07, 6.45) is -0.786. The molecule has 90 valence electrons. The Kier molecular flexibility index (Phi) is 2.91. The highest BCUT2D eigenvalue weighted by Gasteiger charge is 2.16. The molecule has 0 aliphatic heterocycles. The molecule has 1 aromatic carbocycles. The summed E-state index contributed by atoms with van der Waals surface area (Å²) in [6.45, 7) is 1.98. The molecule has 0 aliphatic rings. The summed E-state index contributed by atoms with van der Waals surface area (Å²) < 4.78 is 14.6. The van der Waals surface area contributed by atoms with Crippen molar-refractivity contribution in [2.24, 2.45) is 0 Å². The number of fused-ring (bicyclic) bond motifs is 1. The van der Waals surface area contributed by atoms with E-state index in [1.165, 1.54) is 14.2 Å². The molecule has 5 heteroatoms. The van der Waals surface area contributed by atoms with Gasteiger partial charge in [-0.05, 0) is 19.1 Å². The summed E-state index contributed by atoms with van der Waals surface area (Å²) in [5.41, 5.74) is 1.94. The van der Waals surface area contributed by atoms with E-state index in [9.17, 15) is 4.79 Å². The Balaban J connectivity index is 2.52. The molecule has 1 heterocycles. The lowest BCUT2D eigenvalue weighted by atomic mass is 10.2. The third-order valence-electron chi connectivity index (χ3n) is 2.43. The van der Waals surface area contributed by atoms with Crippen molar-refractivity contribution in [3.8, 4) is 11.6 Å². The number of carbonyl (C=O) groups excluding carboxylic acids is 1. The lowest BCUT2D eigenvalue weighted by molar-refractivity contribution is 0.118. The first kappa shape index (κ1) is 11.3. The predicted molar refractivity (Wildman–Crippen MR) is 62.6 cm³/mol. The molecular formula is C12H13NO4. The molecule has 0 saturated carbocycles. The maximum atomic E-state index is 11.1. The number of aryl methyl sites for hydroxylation is 1. The van der Waals surface area contributed by atoms with Crippen LogP contribution >= 0.6 is 0 Å². The summed E-state index contributed by atoms with van der Waals surface area (Å²) in [5.74, 6) is 0.744. The average molecular weight is 235 g/mol. The van der Waals surface area contributed by atoms with Gasteiger partial charge in [0.25, 0.3) is 0 Å². The fourth-order valence-electron chi connectivity index (χ4n) is 1.66. The predicted octanol–water partition coefficient (Wildman–Crippen LogP) is 2.63. The lowest BCUT2D eigenvalue weighted by Gasteiger charge is -2.02. The monoisotopic (exact) mass is 235 g/mol. The topological polar surface area (TPSA) is 60.5 Å². The number of aromatic nitrogens is 1. The van der Waals surface area contributed by atoms with Crippen LogP contribution in [0.1, 0.15) is 5.56 Å². The Bertz CT molecular complexity index is 559. The smallest absolute Gasteiger partial charge is 0.491 e. The van der Waals surface area contributed by atoms with Crippen molar-refractivity contribution < 1.29 is 19.0 Å². The van der Waals surface area contributed by atoms with Gasteiger partial charge in [0.1, 0.15) is 0 Å². The maximum Gasteiger partial charge on any atom is 0.514 e. The Morgan fingerprint density at radius 1 is 1.29 bits per heavy atom. The van der Waals surface area contributed by atoms with Gasteiger partial charge in [-0.2, -0.15) is 0 Å². The van der Waals surface area contributed by atoms with Crippen LogP contribution < -0.4 is 9.47 Å². The van der Waals surface area contributed by atoms with Crippen LogP contribution in [-0.4, -0.2) is 25.4 Å². The number of ether oxygens (including phenoxy) is 3. The number of hydrogen-bond donors (Lipinski definition) is 1. The zero-order valence-corrected chi connectivity index (χ0v) is 9.87. The summed E-state index contributed by atoms with van der Waals surface area (Å²) >= 11 is 0. The summed E-state index contributed by atoms with van der Waals surface area (Å²) in [5, 5.41) is 0.867. The normalized spacial score (nSPS) is 10.3. The van der Waals surface area contributed by atoms with Crippen molar-refractivity contribution in [3.05, 3.63) is 23.8 Å². The average Bonchev–Trinajstić information content (AvgIpc) is 2.65. The molecule has 5 nitrogen and oxygen atoms in total. The minimum absolute atomic E-state index is 0.250. The highest BCUT2D eigenvalue weighted by Crippen LogP contribution is 2.36. The van der Waals surface area contributed by atoms with Gasteiger partial charge in [0.2, 0.25) is 5.88 Å². The largest absolute Gasteiger partial charge is 0.514 e. The number of hydrogen-bond acceptors (Lipinski definition) is 4. The highest BCUT2D eigenvalue weighted by atomic mass is 16.7. The number of carbonyl (C=O) groups is 1. The molecule has 0 spiro atoms. The second-order valence-electron chi connectivity index (χ2n) is 3.59. The van der Waals surface area contributed by atoms with Crippen molar-refractivity contribution in [1.29, 1.82) is 0 Å². The molecular weight excluding hydrogens is 222 g/mol. The van der Waals surface area contributed by atoms with Crippen LogP contribution in [0.5, 0.6) is 11.6 Å². The first-order valence-corrected chi connectivity index (χ1v) is 5.08. The highest BCUT2D eigenvalue weighted by molar-refractivity contribution is 5.90. The molecule has 0 bridgehead atoms. The van der Waals surface area contributed by atoms with Crippen molar-refractivity contribution in [1.82, 2.24) is 4.98 Å². The van der Waals surface area contributed by atoms with Gasteiger partial charge >= 0.3 is 6.16 Å². The summed E-state index contributed by atoms with van der Waals surface area (Å²) in [4.78, 5) is 14.0. The third kappa shape index (κ3) is 2.04. The van der Waals surface area contributed by atoms with Crippen LogP contribution in [0.25, 0.3) is 10.9 Å². The van der Waals surface area contributed by atoms with Crippen LogP contribution in [0.2, 0.25) is 0 Å². The molecule has 0 radical (unpaired) electrons. The fourth-order valence-corrected chi connectivity index (χ4v) is 1.66. The van der Waals surface area contributed by atoms with Crippen molar-refractivity contribution in [3.63, 3.8) is 0 Å². The molecule has 0 atom stereocenters. The number of nitrogens with one attached hydrogen (secondary N) is 1. The first-order valence-electron chi connectivity index (χ1n) is 5.08. The van der Waals surface area contributed by atoms with E-state index in [0.717, 1.165) is 16.5 Å². The van der Waals surface area contributed by atoms with Gasteiger partial charge in [-0.1, -0.05) is 11.6 Å². The van der Waals surface area contributed by atoms with E-state index >= 15 is 0 Å². The van der Waals surface area contributed by atoms with Crippen molar-refractivity contribution in [2.45, 2.75) is 6.92 Å². The number of H-pyrrole nitrogens is 1. The number of benzene rings is 1. The lowest BCUT2D eigenvalue weighted by Crippen LogP contribution is -2.08. The van der Waals surface area contributed by atoms with Gasteiger partial charge < -0.3 is 19.2 Å². The van der Waals surface area contributed by atoms with E-state index in [-0.39, 0.29) is 5.88 Å². The summed E-state index contributed by atoms with van der Waals surface area (Å²) in [7, 11) is 2.77. The van der Waals surface area contributed by atoms with E-state index in [2.05, 4.69) is 9.72 Å². The number of rotatable bonds is 2. The molecule has 0 saturated heterocycles. The third-order valence-corrected chi connectivity index (χ3v) is 2.43. The van der Waals surface area contributed by atoms with Crippen LogP contribution in [-0.2, 0) is 4.74 Å². The van der Waals surface area contributed by atoms with Gasteiger partial charge in [0, 0.05) is 5.39 Å². The zero-order chi connectivity index (χ0) is 12.4. The molecule has 0 amide bonds. The Morgan fingerprint density at radius 2 is 2.06 bits per heavy atom. The van der Waals surface area contributed by atoms with Gasteiger partial charge in [0.15, 0.2) is 5.75 Å². The Hall–Kier alpha value is -2.17. The number of methoxy groups -OCH3 is 2. The van der Waals surface area contributed by atoms with Crippen LogP contribution in [0, 0.1) is 6.92 Å². The second kappa shape index (κ2) is 4.37. The minimum atomic E-state index is -0.786. The molecule has 17 heavy (non-hydrogen) atoms. The molecule has 2 aromatic rings. The van der Waals surface area contributed by atoms with E-state index in [1.807, 2.05) is 25.1 Å². The van der Waals surface area contributed by atoms with Crippen molar-refractivity contribution >= 4 is 17.1 Å². The Morgan fingerprint density at radius 3 is 2.71 bits per heavy atom. The molecule has 1 aromatic heterocycles. The van der Waals surface area contributed by atoms with Crippen LogP contribution in [0.3, 0.4) is 0 Å². The summed E-state index contributed by atoms with van der Waals surface area (Å²) in [6, 6.07) is 5.81. The Labute approximate surface area is 98.3 Å². The van der Waals surface area contributed by atoms with E-state index in [1.54, 1.807) is 0 Å². The SMILES string of the molecule is COC(=O)Oc1[nH]c2ccc(C)cc2c1OC. The van der Waals surface area contributed by atoms with Gasteiger partial charge in [-0.15, -0.1) is 0 Å². The standard InChI is InChI=1S/C12H13NO4/c1-7-4-5-9-8(6-7)10(15-2)11(13-9)17-12(14)16-3/h4-6,13H,1-3H3. The molecule has 0 aliphatic carbocycles. The molecule has 1 N–H and O–H groups in total. The van der Waals surface area contributed by atoms with E-state index in [0.29, 0.717) is 5.75 Å². The van der Waals surface area contributed by atoms with Crippen molar-refractivity contribution in [2.75, 3.05) is 14.2 Å².